The largest absolute Gasteiger partial charge is 0.342 e. The molecule has 0 aliphatic carbocycles. The maximum Gasteiger partial charge on any atom is 0.342 e. The highest BCUT2D eigenvalue weighted by Gasteiger charge is 2.33. The molecule has 2 N–H and O–H groups in total. The molecule has 6 nitrogen and oxygen atoms in total. The summed E-state index contributed by atoms with van der Waals surface area (Å²) in [4.78, 5) is 19.3. The van der Waals surface area contributed by atoms with Crippen LogP contribution in [0.3, 0.4) is 0 Å². The molecule has 0 aromatic carbocycles. The fourth-order valence-corrected chi connectivity index (χ4v) is 3.20. The van der Waals surface area contributed by atoms with E-state index < -0.39 is 23.2 Å². The van der Waals surface area contributed by atoms with Crippen LogP contribution in [0.4, 0.5) is 0 Å². The van der Waals surface area contributed by atoms with Crippen LogP contribution in [0.15, 0.2) is 0 Å². The van der Waals surface area contributed by atoms with Crippen molar-refractivity contribution in [2.24, 2.45) is 0 Å². The standard InChI is InChI=1S/C6H14NO5PS/c1-6(13(8,9)10)7-2-4-14(11,12)5-3-7/h6H,2-5H2,1H3,(H2,8,9,10)/t6-/m0/s1. The summed E-state index contributed by atoms with van der Waals surface area (Å²) in [5.74, 6) is -0.924. The van der Waals surface area contributed by atoms with Crippen LogP contribution in [0.25, 0.3) is 0 Å². The summed E-state index contributed by atoms with van der Waals surface area (Å²) in [6.45, 7) is 1.82. The van der Waals surface area contributed by atoms with Gasteiger partial charge in [0, 0.05) is 13.1 Å². The lowest BCUT2D eigenvalue weighted by atomic mass is 10.5. The molecule has 0 saturated carbocycles. The second-order valence-corrected chi connectivity index (χ2v) is 7.64. The van der Waals surface area contributed by atoms with Crippen LogP contribution < -0.4 is 0 Å². The Morgan fingerprint density at radius 2 is 1.71 bits per heavy atom. The fourth-order valence-electron chi connectivity index (χ4n) is 1.31. The molecular weight excluding hydrogens is 229 g/mol. The van der Waals surface area contributed by atoms with Crippen molar-refractivity contribution in [1.29, 1.82) is 0 Å². The van der Waals surface area contributed by atoms with Gasteiger partial charge in [-0.15, -0.1) is 0 Å². The molecule has 84 valence electrons. The predicted octanol–water partition coefficient (Wildman–Crippen LogP) is -0.759. The van der Waals surface area contributed by atoms with Crippen molar-refractivity contribution in [1.82, 2.24) is 4.90 Å². The third-order valence-corrected chi connectivity index (χ3v) is 5.30. The summed E-state index contributed by atoms with van der Waals surface area (Å²) in [5.41, 5.74) is 0. The lowest BCUT2D eigenvalue weighted by Gasteiger charge is -2.32. The van der Waals surface area contributed by atoms with Gasteiger partial charge in [-0.2, -0.15) is 0 Å². The van der Waals surface area contributed by atoms with Crippen molar-refractivity contribution in [2.75, 3.05) is 24.6 Å². The van der Waals surface area contributed by atoms with E-state index in [9.17, 15) is 13.0 Å². The number of hydrogen-bond donors (Lipinski definition) is 2. The lowest BCUT2D eigenvalue weighted by Crippen LogP contribution is -2.44. The summed E-state index contributed by atoms with van der Waals surface area (Å²) in [6, 6.07) is 0. The van der Waals surface area contributed by atoms with Crippen LogP contribution in [-0.2, 0) is 14.4 Å². The molecule has 0 aromatic rings. The van der Waals surface area contributed by atoms with Crippen molar-refractivity contribution in [2.45, 2.75) is 12.7 Å². The topological polar surface area (TPSA) is 94.9 Å². The molecule has 0 aromatic heterocycles. The Hall–Kier alpha value is 0.0600. The fraction of sp³-hybridized carbons (Fsp3) is 1.00. The highest BCUT2D eigenvalue weighted by atomic mass is 32.2. The number of rotatable bonds is 2. The van der Waals surface area contributed by atoms with Crippen molar-refractivity contribution < 1.29 is 22.8 Å². The molecule has 0 bridgehead atoms. The van der Waals surface area contributed by atoms with Gasteiger partial charge in [0.1, 0.15) is 5.78 Å². The molecule has 1 atom stereocenters. The van der Waals surface area contributed by atoms with Gasteiger partial charge in [0.15, 0.2) is 9.84 Å². The van der Waals surface area contributed by atoms with E-state index in [1.807, 2.05) is 0 Å². The molecule has 0 unspecified atom stereocenters. The molecule has 8 heteroatoms. The molecule has 1 heterocycles. The normalized spacial score (nSPS) is 25.9. The summed E-state index contributed by atoms with van der Waals surface area (Å²) < 4.78 is 33.0. The maximum atomic E-state index is 11.0. The predicted molar refractivity (Wildman–Crippen MR) is 51.7 cm³/mol. The minimum absolute atomic E-state index is 0.0165. The molecule has 0 spiro atoms. The minimum atomic E-state index is -4.14. The highest BCUT2D eigenvalue weighted by Crippen LogP contribution is 2.42. The van der Waals surface area contributed by atoms with Gasteiger partial charge in [-0.05, 0) is 6.92 Å². The van der Waals surface area contributed by atoms with E-state index in [0.717, 1.165) is 0 Å². The van der Waals surface area contributed by atoms with Crippen LogP contribution in [0.5, 0.6) is 0 Å². The summed E-state index contributed by atoms with van der Waals surface area (Å²) in [5, 5.41) is 0. The molecule has 1 rings (SSSR count). The molecular formula is C6H14NO5PS. The van der Waals surface area contributed by atoms with E-state index in [1.54, 1.807) is 0 Å². The first-order valence-corrected chi connectivity index (χ1v) is 7.72. The van der Waals surface area contributed by atoms with Crippen LogP contribution in [-0.4, -0.2) is 53.5 Å². The van der Waals surface area contributed by atoms with Crippen LogP contribution >= 0.6 is 7.60 Å². The van der Waals surface area contributed by atoms with Crippen LogP contribution in [0.1, 0.15) is 6.92 Å². The van der Waals surface area contributed by atoms with E-state index in [2.05, 4.69) is 0 Å². The molecule has 1 saturated heterocycles. The highest BCUT2D eigenvalue weighted by molar-refractivity contribution is 7.91. The Morgan fingerprint density at radius 1 is 1.29 bits per heavy atom. The SMILES string of the molecule is C[C@@H](N1CCS(=O)(=O)CC1)P(=O)(O)O. The van der Waals surface area contributed by atoms with Gasteiger partial charge in [-0.1, -0.05) is 0 Å². The van der Waals surface area contributed by atoms with Crippen molar-refractivity contribution in [3.05, 3.63) is 0 Å². The lowest BCUT2D eigenvalue weighted by molar-refractivity contribution is 0.237. The first-order chi connectivity index (χ1) is 6.22. The molecule has 1 aliphatic heterocycles. The van der Waals surface area contributed by atoms with Gasteiger partial charge in [0.2, 0.25) is 0 Å². The van der Waals surface area contributed by atoms with Gasteiger partial charge in [-0.25, -0.2) is 8.42 Å². The van der Waals surface area contributed by atoms with Gasteiger partial charge in [0.05, 0.1) is 11.5 Å². The van der Waals surface area contributed by atoms with E-state index in [0.29, 0.717) is 0 Å². The molecule has 0 radical (unpaired) electrons. The van der Waals surface area contributed by atoms with Crippen molar-refractivity contribution in [3.8, 4) is 0 Å². The van der Waals surface area contributed by atoms with Gasteiger partial charge < -0.3 is 9.79 Å². The maximum absolute atomic E-state index is 11.0. The average molecular weight is 243 g/mol. The molecule has 1 aliphatic rings. The Kier molecular flexibility index (Phi) is 3.38. The van der Waals surface area contributed by atoms with Crippen LogP contribution in [0, 0.1) is 0 Å². The Labute approximate surface area is 83.0 Å². The first kappa shape index (κ1) is 12.1. The molecule has 1 fully saturated rings. The zero-order valence-corrected chi connectivity index (χ0v) is 9.54. The van der Waals surface area contributed by atoms with E-state index >= 15 is 0 Å². The Morgan fingerprint density at radius 3 is 2.07 bits per heavy atom. The molecule has 0 amide bonds. The second-order valence-electron chi connectivity index (χ2n) is 3.41. The van der Waals surface area contributed by atoms with E-state index in [1.165, 1.54) is 11.8 Å². The zero-order valence-electron chi connectivity index (χ0n) is 7.83. The van der Waals surface area contributed by atoms with E-state index in [-0.39, 0.29) is 24.6 Å². The monoisotopic (exact) mass is 243 g/mol. The average Bonchev–Trinajstić information content (AvgIpc) is 2.01. The Bertz CT molecular complexity index is 333. The number of hydrogen-bond acceptors (Lipinski definition) is 4. The van der Waals surface area contributed by atoms with Crippen molar-refractivity contribution in [3.63, 3.8) is 0 Å². The van der Waals surface area contributed by atoms with E-state index in [4.69, 9.17) is 9.79 Å². The first-order valence-electron chi connectivity index (χ1n) is 4.22. The Balaban J connectivity index is 2.63. The van der Waals surface area contributed by atoms with Crippen LogP contribution in [0.2, 0.25) is 0 Å². The third kappa shape index (κ3) is 3.03. The minimum Gasteiger partial charge on any atom is -0.323 e. The smallest absolute Gasteiger partial charge is 0.323 e. The second kappa shape index (κ2) is 3.90. The van der Waals surface area contributed by atoms with Gasteiger partial charge in [0.25, 0.3) is 0 Å². The summed E-state index contributed by atoms with van der Waals surface area (Å²) in [6.07, 6.45) is 0. The molecule has 14 heavy (non-hydrogen) atoms. The third-order valence-electron chi connectivity index (χ3n) is 2.39. The van der Waals surface area contributed by atoms with Crippen molar-refractivity contribution >= 4 is 17.4 Å². The number of sulfone groups is 1. The van der Waals surface area contributed by atoms with Gasteiger partial charge in [-0.3, -0.25) is 9.46 Å². The number of nitrogens with zero attached hydrogens (tertiary/aromatic N) is 1. The van der Waals surface area contributed by atoms with Gasteiger partial charge >= 0.3 is 7.60 Å². The quantitative estimate of drug-likeness (QED) is 0.619. The zero-order chi connectivity index (χ0) is 11.0. The summed E-state index contributed by atoms with van der Waals surface area (Å²) in [7, 11) is -7.13. The summed E-state index contributed by atoms with van der Waals surface area (Å²) >= 11 is 0.